The van der Waals surface area contributed by atoms with Crippen LogP contribution in [0.3, 0.4) is 0 Å². The lowest BCUT2D eigenvalue weighted by Gasteiger charge is -2.13. The zero-order valence-corrected chi connectivity index (χ0v) is 12.0. The minimum atomic E-state index is -0.0207. The van der Waals surface area contributed by atoms with E-state index in [-0.39, 0.29) is 6.61 Å². The highest BCUT2D eigenvalue weighted by Crippen LogP contribution is 2.31. The van der Waals surface area contributed by atoms with Crippen molar-refractivity contribution >= 4 is 11.6 Å². The molecule has 0 aliphatic rings. The van der Waals surface area contributed by atoms with E-state index in [4.69, 9.17) is 21.4 Å². The number of aliphatic hydroxyl groups excluding tert-OH is 1. The van der Waals surface area contributed by atoms with Gasteiger partial charge in [-0.3, -0.25) is 0 Å². The summed E-state index contributed by atoms with van der Waals surface area (Å²) in [5.41, 5.74) is 3.60. The lowest BCUT2D eigenvalue weighted by molar-refractivity contribution is 0.281. The lowest BCUT2D eigenvalue weighted by Crippen LogP contribution is -1.97. The van der Waals surface area contributed by atoms with E-state index >= 15 is 0 Å². The van der Waals surface area contributed by atoms with Gasteiger partial charge >= 0.3 is 0 Å². The number of rotatable bonds is 3. The van der Waals surface area contributed by atoms with Crippen LogP contribution in [-0.4, -0.2) is 10.1 Å². The van der Waals surface area contributed by atoms with Gasteiger partial charge in [0, 0.05) is 16.8 Å². The summed E-state index contributed by atoms with van der Waals surface area (Å²) >= 11 is 6.00. The van der Waals surface area contributed by atoms with Gasteiger partial charge in [0.15, 0.2) is 0 Å². The molecule has 0 unspecified atom stereocenters. The standard InChI is InChI=1S/C15H16ClNO2/c1-9-5-13(16)6-10(2)14(9)19-15-11(3)4-12(8-18)7-17-15/h4-7,18H,8H2,1-3H3. The molecule has 0 radical (unpaired) electrons. The zero-order valence-electron chi connectivity index (χ0n) is 11.2. The highest BCUT2D eigenvalue weighted by molar-refractivity contribution is 6.30. The Kier molecular flexibility index (Phi) is 4.08. The third-order valence-corrected chi connectivity index (χ3v) is 3.11. The molecular formula is C15H16ClNO2. The molecule has 0 atom stereocenters. The molecule has 1 aromatic carbocycles. The first-order chi connectivity index (χ1) is 9.01. The topological polar surface area (TPSA) is 42.4 Å². The minimum Gasteiger partial charge on any atom is -0.438 e. The molecule has 0 spiro atoms. The zero-order chi connectivity index (χ0) is 14.0. The Labute approximate surface area is 117 Å². The van der Waals surface area contributed by atoms with Crippen LogP contribution < -0.4 is 4.74 Å². The largest absolute Gasteiger partial charge is 0.438 e. The molecule has 0 aliphatic heterocycles. The van der Waals surface area contributed by atoms with E-state index in [0.29, 0.717) is 10.9 Å². The van der Waals surface area contributed by atoms with Gasteiger partial charge in [0.05, 0.1) is 6.61 Å². The van der Waals surface area contributed by atoms with Crippen LogP contribution in [0.15, 0.2) is 24.4 Å². The summed E-state index contributed by atoms with van der Waals surface area (Å²) < 4.78 is 5.87. The number of ether oxygens (including phenoxy) is 1. The number of pyridine rings is 1. The molecule has 1 heterocycles. The maximum atomic E-state index is 9.07. The predicted octanol–water partition coefficient (Wildman–Crippen LogP) is 3.94. The SMILES string of the molecule is Cc1cc(CO)cnc1Oc1c(C)cc(Cl)cc1C. The van der Waals surface area contributed by atoms with Crippen LogP contribution in [0.2, 0.25) is 5.02 Å². The fourth-order valence-electron chi connectivity index (χ4n) is 1.97. The molecule has 0 fully saturated rings. The number of aromatic nitrogens is 1. The molecule has 0 saturated carbocycles. The number of aryl methyl sites for hydroxylation is 3. The number of hydrogen-bond acceptors (Lipinski definition) is 3. The first kappa shape index (κ1) is 13.8. The summed E-state index contributed by atoms with van der Waals surface area (Å²) in [7, 11) is 0. The van der Waals surface area contributed by atoms with E-state index in [1.165, 1.54) is 0 Å². The van der Waals surface area contributed by atoms with Gasteiger partial charge < -0.3 is 9.84 Å². The summed E-state index contributed by atoms with van der Waals surface area (Å²) in [5, 5.41) is 9.76. The summed E-state index contributed by atoms with van der Waals surface area (Å²) in [6.45, 7) is 5.78. The smallest absolute Gasteiger partial charge is 0.222 e. The summed E-state index contributed by atoms with van der Waals surface area (Å²) in [5.74, 6) is 1.32. The Morgan fingerprint density at radius 2 is 1.74 bits per heavy atom. The number of halogens is 1. The van der Waals surface area contributed by atoms with E-state index < -0.39 is 0 Å². The van der Waals surface area contributed by atoms with Crippen molar-refractivity contribution in [2.45, 2.75) is 27.4 Å². The van der Waals surface area contributed by atoms with Gasteiger partial charge in [-0.2, -0.15) is 0 Å². The first-order valence-electron chi connectivity index (χ1n) is 6.02. The summed E-state index contributed by atoms with van der Waals surface area (Å²) in [4.78, 5) is 4.23. The number of nitrogens with zero attached hydrogens (tertiary/aromatic N) is 1. The quantitative estimate of drug-likeness (QED) is 0.924. The highest BCUT2D eigenvalue weighted by Gasteiger charge is 2.10. The van der Waals surface area contributed by atoms with Crippen molar-refractivity contribution in [3.05, 3.63) is 51.7 Å². The van der Waals surface area contributed by atoms with Crippen LogP contribution in [-0.2, 0) is 6.61 Å². The van der Waals surface area contributed by atoms with Crippen molar-refractivity contribution < 1.29 is 9.84 Å². The van der Waals surface area contributed by atoms with Crippen LogP contribution in [0.1, 0.15) is 22.3 Å². The molecule has 0 saturated heterocycles. The van der Waals surface area contributed by atoms with Crippen molar-refractivity contribution in [2.75, 3.05) is 0 Å². The van der Waals surface area contributed by atoms with Crippen LogP contribution in [0.5, 0.6) is 11.6 Å². The molecule has 1 aromatic heterocycles. The van der Waals surface area contributed by atoms with Crippen molar-refractivity contribution in [1.29, 1.82) is 0 Å². The second-order valence-corrected chi connectivity index (χ2v) is 5.03. The van der Waals surface area contributed by atoms with Crippen molar-refractivity contribution in [3.63, 3.8) is 0 Å². The number of hydrogen-bond donors (Lipinski definition) is 1. The molecule has 0 bridgehead atoms. The second-order valence-electron chi connectivity index (χ2n) is 4.59. The Morgan fingerprint density at radius 3 is 2.26 bits per heavy atom. The van der Waals surface area contributed by atoms with E-state index in [9.17, 15) is 0 Å². The average molecular weight is 278 g/mol. The molecular weight excluding hydrogens is 262 g/mol. The van der Waals surface area contributed by atoms with Gasteiger partial charge in [0.25, 0.3) is 0 Å². The van der Waals surface area contributed by atoms with E-state index in [1.807, 2.05) is 39.0 Å². The highest BCUT2D eigenvalue weighted by atomic mass is 35.5. The Balaban J connectivity index is 2.36. The van der Waals surface area contributed by atoms with Crippen LogP contribution >= 0.6 is 11.6 Å². The van der Waals surface area contributed by atoms with Gasteiger partial charge in [-0.1, -0.05) is 11.6 Å². The normalized spacial score (nSPS) is 10.6. The molecule has 3 nitrogen and oxygen atoms in total. The van der Waals surface area contributed by atoms with Crippen LogP contribution in [0, 0.1) is 20.8 Å². The molecule has 0 amide bonds. The fraction of sp³-hybridized carbons (Fsp3) is 0.267. The predicted molar refractivity (Wildman–Crippen MR) is 75.9 cm³/mol. The molecule has 1 N–H and O–H groups in total. The Hall–Kier alpha value is -1.58. The Morgan fingerprint density at radius 1 is 1.11 bits per heavy atom. The molecule has 100 valence electrons. The molecule has 19 heavy (non-hydrogen) atoms. The monoisotopic (exact) mass is 277 g/mol. The van der Waals surface area contributed by atoms with Gasteiger partial charge in [-0.25, -0.2) is 4.98 Å². The second kappa shape index (κ2) is 5.59. The third kappa shape index (κ3) is 3.06. The first-order valence-corrected chi connectivity index (χ1v) is 6.40. The van der Waals surface area contributed by atoms with Gasteiger partial charge in [-0.05, 0) is 55.7 Å². The summed E-state index contributed by atoms with van der Waals surface area (Å²) in [6.07, 6.45) is 1.61. The van der Waals surface area contributed by atoms with Crippen molar-refractivity contribution in [2.24, 2.45) is 0 Å². The fourth-order valence-corrected chi connectivity index (χ4v) is 2.30. The van der Waals surface area contributed by atoms with Crippen LogP contribution in [0.4, 0.5) is 0 Å². The van der Waals surface area contributed by atoms with Gasteiger partial charge in [0.1, 0.15) is 5.75 Å². The van der Waals surface area contributed by atoms with E-state index in [1.54, 1.807) is 6.20 Å². The number of aliphatic hydroxyl groups is 1. The van der Waals surface area contributed by atoms with Gasteiger partial charge in [-0.15, -0.1) is 0 Å². The number of benzene rings is 1. The minimum absolute atomic E-state index is 0.0207. The average Bonchev–Trinajstić information content (AvgIpc) is 2.35. The van der Waals surface area contributed by atoms with E-state index in [2.05, 4.69) is 4.98 Å². The van der Waals surface area contributed by atoms with Crippen molar-refractivity contribution in [1.82, 2.24) is 4.98 Å². The third-order valence-electron chi connectivity index (χ3n) is 2.89. The molecule has 0 aliphatic carbocycles. The van der Waals surface area contributed by atoms with E-state index in [0.717, 1.165) is 28.0 Å². The molecule has 2 aromatic rings. The Bertz CT molecular complexity index is 588. The lowest BCUT2D eigenvalue weighted by atomic mass is 10.1. The van der Waals surface area contributed by atoms with Crippen LogP contribution in [0.25, 0.3) is 0 Å². The van der Waals surface area contributed by atoms with Gasteiger partial charge in [0.2, 0.25) is 5.88 Å². The maximum absolute atomic E-state index is 9.07. The summed E-state index contributed by atoms with van der Waals surface area (Å²) in [6, 6.07) is 5.59. The van der Waals surface area contributed by atoms with Crippen molar-refractivity contribution in [3.8, 4) is 11.6 Å². The maximum Gasteiger partial charge on any atom is 0.222 e. The molecule has 4 heteroatoms. The molecule has 2 rings (SSSR count).